The van der Waals surface area contributed by atoms with Crippen LogP contribution < -0.4 is 4.74 Å². The summed E-state index contributed by atoms with van der Waals surface area (Å²) in [6.45, 7) is 12.9. The minimum atomic E-state index is -1.55. The monoisotopic (exact) mass is 862 g/mol. The molecule has 62 heavy (non-hydrogen) atoms. The van der Waals surface area contributed by atoms with Gasteiger partial charge in [0, 0.05) is 11.1 Å². The van der Waals surface area contributed by atoms with Crippen molar-refractivity contribution >= 4 is 35.8 Å². The molecular weight excluding hydrogens is 797 g/mol. The summed E-state index contributed by atoms with van der Waals surface area (Å²) in [4.78, 5) is 73.9. The molecule has 0 heterocycles. The van der Waals surface area contributed by atoms with Crippen molar-refractivity contribution in [1.82, 2.24) is 0 Å². The fraction of sp³-hybridized carbons (Fsp3) is 0.551. The molecule has 1 aliphatic carbocycles. The molecule has 2 aromatic carbocycles. The molecular formula is C49H66O13. The van der Waals surface area contributed by atoms with Crippen molar-refractivity contribution in [1.29, 1.82) is 0 Å². The van der Waals surface area contributed by atoms with Gasteiger partial charge in [0.15, 0.2) is 0 Å². The lowest BCUT2D eigenvalue weighted by Gasteiger charge is -2.32. The Hall–Kier alpha value is -5.46. The van der Waals surface area contributed by atoms with Gasteiger partial charge in [0.05, 0.1) is 20.8 Å². The summed E-state index contributed by atoms with van der Waals surface area (Å²) in [5, 5.41) is 0. The molecule has 1 aliphatic rings. The second-order valence-corrected chi connectivity index (χ2v) is 16.3. The van der Waals surface area contributed by atoms with Crippen molar-refractivity contribution in [3.8, 4) is 16.9 Å². The number of benzene rings is 2. The standard InChI is InChI=1S/C49H66O13/c1-9-11-12-14-35-16-18-37(19-17-35)38-20-22-41(36(10-2)25-38)39-21-23-42(40(26-39)15-13-24-58-47(54)33(3)4)59-29-49(32-62-48(55)34(5)6,30-60-45(52)27-43(50)56-7)31-61-46(53)28-44(51)57-8/h20-23,25-26,35,37H,3,5,9-19,24,27-32H2,1-2,4,6-8H3. The molecule has 1 saturated carbocycles. The maximum absolute atomic E-state index is 12.7. The molecule has 2 aromatic rings. The first-order valence-corrected chi connectivity index (χ1v) is 21.6. The van der Waals surface area contributed by atoms with Crippen LogP contribution in [0, 0.1) is 11.3 Å². The van der Waals surface area contributed by atoms with Crippen LogP contribution in [0.3, 0.4) is 0 Å². The third-order valence-electron chi connectivity index (χ3n) is 11.1. The van der Waals surface area contributed by atoms with E-state index in [0.29, 0.717) is 24.5 Å². The second-order valence-electron chi connectivity index (χ2n) is 16.3. The van der Waals surface area contributed by atoms with Gasteiger partial charge in [-0.1, -0.05) is 77.0 Å². The van der Waals surface area contributed by atoms with E-state index in [2.05, 4.69) is 54.7 Å². The first kappa shape index (κ1) is 50.9. The highest BCUT2D eigenvalue weighted by atomic mass is 16.6. The van der Waals surface area contributed by atoms with Gasteiger partial charge in [-0.2, -0.15) is 0 Å². The first-order valence-electron chi connectivity index (χ1n) is 21.6. The fourth-order valence-corrected chi connectivity index (χ4v) is 7.31. The number of carbonyl (C=O) groups is 6. The van der Waals surface area contributed by atoms with Crippen LogP contribution in [0.1, 0.15) is 121 Å². The average molecular weight is 863 g/mol. The molecule has 0 aromatic heterocycles. The third-order valence-corrected chi connectivity index (χ3v) is 11.1. The fourth-order valence-electron chi connectivity index (χ4n) is 7.31. The van der Waals surface area contributed by atoms with E-state index in [4.69, 9.17) is 23.7 Å². The number of ether oxygens (including phenoxy) is 7. The predicted octanol–water partition coefficient (Wildman–Crippen LogP) is 8.52. The highest BCUT2D eigenvalue weighted by Crippen LogP contribution is 2.40. The van der Waals surface area contributed by atoms with Crippen LogP contribution in [0.5, 0.6) is 5.75 Å². The van der Waals surface area contributed by atoms with Gasteiger partial charge in [0.1, 0.15) is 50.4 Å². The number of esters is 6. The number of methoxy groups -OCH3 is 2. The van der Waals surface area contributed by atoms with Crippen LogP contribution in [0.15, 0.2) is 60.7 Å². The smallest absolute Gasteiger partial charge is 0.333 e. The van der Waals surface area contributed by atoms with Crippen LogP contribution in [-0.4, -0.2) is 83.1 Å². The van der Waals surface area contributed by atoms with Gasteiger partial charge in [-0.15, -0.1) is 0 Å². The lowest BCUT2D eigenvalue weighted by molar-refractivity contribution is -0.165. The first-order chi connectivity index (χ1) is 29.6. The number of hydrogen-bond acceptors (Lipinski definition) is 13. The Balaban J connectivity index is 1.99. The van der Waals surface area contributed by atoms with Gasteiger partial charge >= 0.3 is 35.8 Å². The molecule has 0 unspecified atom stereocenters. The Labute approximate surface area is 366 Å². The van der Waals surface area contributed by atoms with Crippen molar-refractivity contribution in [3.05, 3.63) is 77.4 Å². The van der Waals surface area contributed by atoms with Crippen LogP contribution >= 0.6 is 0 Å². The lowest BCUT2D eigenvalue weighted by atomic mass is 9.76. The van der Waals surface area contributed by atoms with E-state index in [1.54, 1.807) is 6.92 Å². The molecule has 0 spiro atoms. The van der Waals surface area contributed by atoms with Gasteiger partial charge in [-0.3, -0.25) is 19.2 Å². The van der Waals surface area contributed by atoms with Crippen molar-refractivity contribution in [2.45, 2.75) is 117 Å². The molecule has 0 saturated heterocycles. The molecule has 3 rings (SSSR count). The average Bonchev–Trinajstić information content (AvgIpc) is 3.27. The molecule has 0 amide bonds. The second kappa shape index (κ2) is 26.1. The zero-order valence-electron chi connectivity index (χ0n) is 37.6. The summed E-state index contributed by atoms with van der Waals surface area (Å²) in [5.41, 5.74) is 4.24. The molecule has 1 fully saturated rings. The molecule has 0 N–H and O–H groups in total. The van der Waals surface area contributed by atoms with Gasteiger partial charge in [-0.25, -0.2) is 9.59 Å². The van der Waals surface area contributed by atoms with Gasteiger partial charge in [-0.05, 0) is 111 Å². The normalized spacial score (nSPS) is 14.8. The van der Waals surface area contributed by atoms with Crippen LogP contribution in [0.25, 0.3) is 11.1 Å². The number of aryl methyl sites for hydroxylation is 2. The van der Waals surface area contributed by atoms with E-state index in [1.165, 1.54) is 69.4 Å². The summed E-state index contributed by atoms with van der Waals surface area (Å²) in [6, 6.07) is 12.6. The topological polar surface area (TPSA) is 167 Å². The largest absolute Gasteiger partial charge is 0.492 e. The molecule has 0 atom stereocenters. The van der Waals surface area contributed by atoms with Crippen LogP contribution in [0.2, 0.25) is 0 Å². The number of carbonyl (C=O) groups excluding carboxylic acids is 6. The minimum Gasteiger partial charge on any atom is -0.492 e. The Morgan fingerprint density at radius 1 is 0.661 bits per heavy atom. The summed E-state index contributed by atoms with van der Waals surface area (Å²) in [7, 11) is 2.25. The number of hydrogen-bond donors (Lipinski definition) is 0. The predicted molar refractivity (Wildman–Crippen MR) is 233 cm³/mol. The molecule has 13 heteroatoms. The van der Waals surface area contributed by atoms with E-state index in [1.807, 2.05) is 18.2 Å². The Morgan fingerprint density at radius 2 is 1.26 bits per heavy atom. The number of unbranched alkanes of at least 4 members (excludes halogenated alkanes) is 2. The van der Waals surface area contributed by atoms with E-state index in [9.17, 15) is 28.8 Å². The van der Waals surface area contributed by atoms with Crippen LogP contribution in [0.4, 0.5) is 0 Å². The van der Waals surface area contributed by atoms with E-state index < -0.39 is 73.9 Å². The lowest BCUT2D eigenvalue weighted by Crippen LogP contribution is -2.44. The molecule has 0 radical (unpaired) electrons. The highest BCUT2D eigenvalue weighted by molar-refractivity contribution is 5.91. The Kier molecular flexibility index (Phi) is 21.4. The quantitative estimate of drug-likeness (QED) is 0.0291. The highest BCUT2D eigenvalue weighted by Gasteiger charge is 2.38. The van der Waals surface area contributed by atoms with E-state index in [0.717, 1.165) is 43.2 Å². The van der Waals surface area contributed by atoms with E-state index >= 15 is 0 Å². The molecule has 13 nitrogen and oxygen atoms in total. The van der Waals surface area contributed by atoms with Crippen molar-refractivity contribution in [2.24, 2.45) is 11.3 Å². The summed E-state index contributed by atoms with van der Waals surface area (Å²) in [5.74, 6) is -3.05. The molecule has 0 aliphatic heterocycles. The van der Waals surface area contributed by atoms with Crippen molar-refractivity contribution in [3.63, 3.8) is 0 Å². The third kappa shape index (κ3) is 16.8. The summed E-state index contributed by atoms with van der Waals surface area (Å²) in [6.07, 6.45) is 10.4. The molecule has 0 bridgehead atoms. The van der Waals surface area contributed by atoms with Crippen LogP contribution in [-0.2, 0) is 70.0 Å². The zero-order chi connectivity index (χ0) is 45.7. The maximum Gasteiger partial charge on any atom is 0.333 e. The maximum atomic E-state index is 12.7. The van der Waals surface area contributed by atoms with Crippen molar-refractivity contribution in [2.75, 3.05) is 47.3 Å². The van der Waals surface area contributed by atoms with Gasteiger partial charge in [0.25, 0.3) is 0 Å². The zero-order valence-corrected chi connectivity index (χ0v) is 37.6. The summed E-state index contributed by atoms with van der Waals surface area (Å²) >= 11 is 0. The Morgan fingerprint density at radius 3 is 1.82 bits per heavy atom. The SMILES string of the molecule is C=C(C)C(=O)OCCCc1cc(-c2ccc(C3CCC(CCCCC)CC3)cc2CC)ccc1OCC(COC(=O)CC(=O)OC)(COC(=O)CC(=O)OC)COC(=O)C(=C)C. The minimum absolute atomic E-state index is 0.0834. The van der Waals surface area contributed by atoms with E-state index in [-0.39, 0.29) is 24.4 Å². The molecule has 340 valence electrons. The summed E-state index contributed by atoms with van der Waals surface area (Å²) < 4.78 is 37.5. The van der Waals surface area contributed by atoms with Crippen molar-refractivity contribution < 1.29 is 61.9 Å². The number of rotatable bonds is 26. The van der Waals surface area contributed by atoms with Gasteiger partial charge in [0.2, 0.25) is 0 Å². The van der Waals surface area contributed by atoms with Gasteiger partial charge < -0.3 is 33.2 Å². The Bertz CT molecular complexity index is 1840.